The molecule has 0 unspecified atom stereocenters. The molecule has 2 amide bonds. The fraction of sp³-hybridized carbons (Fsp3) is 0.222. The van der Waals surface area contributed by atoms with Crippen LogP contribution in [0.25, 0.3) is 0 Å². The van der Waals surface area contributed by atoms with Crippen molar-refractivity contribution in [1.29, 1.82) is 0 Å². The Morgan fingerprint density at radius 2 is 1.61 bits per heavy atom. The Kier molecular flexibility index (Phi) is 5.55. The first-order valence-electron chi connectivity index (χ1n) is 7.27. The molecule has 5 heteroatoms. The molecular formula is C18H19BrN2O2. The van der Waals surface area contributed by atoms with Crippen LogP contribution < -0.4 is 10.2 Å². The van der Waals surface area contributed by atoms with Gasteiger partial charge in [0.05, 0.1) is 0 Å². The summed E-state index contributed by atoms with van der Waals surface area (Å²) < 4.78 is 0.921. The summed E-state index contributed by atoms with van der Waals surface area (Å²) in [6, 6.07) is 13.1. The number of aryl methyl sites for hydroxylation is 2. The molecule has 0 fully saturated rings. The average Bonchev–Trinajstić information content (AvgIpc) is 2.44. The molecule has 1 N–H and O–H groups in total. The smallest absolute Gasteiger partial charge is 0.244 e. The van der Waals surface area contributed by atoms with E-state index in [4.69, 9.17) is 0 Å². The molecule has 4 nitrogen and oxygen atoms in total. The number of nitrogens with one attached hydrogen (secondary N) is 1. The number of halogens is 1. The summed E-state index contributed by atoms with van der Waals surface area (Å²) in [5.41, 5.74) is 3.59. The molecule has 0 aliphatic carbocycles. The maximum Gasteiger partial charge on any atom is 0.244 e. The summed E-state index contributed by atoms with van der Waals surface area (Å²) in [7, 11) is 0. The van der Waals surface area contributed by atoms with Crippen LogP contribution in [0, 0.1) is 13.8 Å². The standard InChI is InChI=1S/C18H19BrN2O2/c1-12-8-13(2)10-16(9-12)20-18(23)11-21(14(3)22)17-6-4-15(19)5-7-17/h4-10H,11H2,1-3H3,(H,20,23). The quantitative estimate of drug-likeness (QED) is 0.876. The van der Waals surface area contributed by atoms with Gasteiger partial charge in [-0.05, 0) is 61.4 Å². The van der Waals surface area contributed by atoms with Crippen molar-refractivity contribution in [2.75, 3.05) is 16.8 Å². The van der Waals surface area contributed by atoms with Gasteiger partial charge in [-0.2, -0.15) is 0 Å². The molecule has 2 rings (SSSR count). The second kappa shape index (κ2) is 7.42. The van der Waals surface area contributed by atoms with Gasteiger partial charge < -0.3 is 10.2 Å². The molecule has 0 heterocycles. The van der Waals surface area contributed by atoms with E-state index in [0.29, 0.717) is 5.69 Å². The summed E-state index contributed by atoms with van der Waals surface area (Å²) >= 11 is 3.36. The Morgan fingerprint density at radius 1 is 1.04 bits per heavy atom. The van der Waals surface area contributed by atoms with E-state index in [1.165, 1.54) is 11.8 Å². The van der Waals surface area contributed by atoms with Crippen LogP contribution in [0.2, 0.25) is 0 Å². The largest absolute Gasteiger partial charge is 0.325 e. The van der Waals surface area contributed by atoms with Crippen LogP contribution in [0.3, 0.4) is 0 Å². The van der Waals surface area contributed by atoms with Crippen molar-refractivity contribution in [3.63, 3.8) is 0 Å². The first-order valence-corrected chi connectivity index (χ1v) is 8.06. The first-order chi connectivity index (χ1) is 10.8. The van der Waals surface area contributed by atoms with Crippen molar-refractivity contribution in [2.45, 2.75) is 20.8 Å². The second-order valence-electron chi connectivity index (χ2n) is 5.51. The molecule has 0 bridgehead atoms. The van der Waals surface area contributed by atoms with Crippen molar-refractivity contribution >= 4 is 39.1 Å². The zero-order valence-electron chi connectivity index (χ0n) is 13.4. The Hall–Kier alpha value is -2.14. The lowest BCUT2D eigenvalue weighted by Crippen LogP contribution is -2.36. The number of rotatable bonds is 4. The van der Waals surface area contributed by atoms with Crippen LogP contribution in [-0.2, 0) is 9.59 Å². The van der Waals surface area contributed by atoms with E-state index in [-0.39, 0.29) is 18.4 Å². The topological polar surface area (TPSA) is 49.4 Å². The van der Waals surface area contributed by atoms with Crippen molar-refractivity contribution < 1.29 is 9.59 Å². The maximum absolute atomic E-state index is 12.3. The number of amides is 2. The first kappa shape index (κ1) is 17.2. The zero-order chi connectivity index (χ0) is 17.0. The highest BCUT2D eigenvalue weighted by atomic mass is 79.9. The Balaban J connectivity index is 2.12. The molecule has 120 valence electrons. The van der Waals surface area contributed by atoms with Crippen LogP contribution in [0.1, 0.15) is 18.1 Å². The van der Waals surface area contributed by atoms with E-state index in [1.54, 1.807) is 12.1 Å². The summed E-state index contributed by atoms with van der Waals surface area (Å²) in [4.78, 5) is 25.6. The summed E-state index contributed by atoms with van der Waals surface area (Å²) in [5, 5.41) is 2.85. The number of anilines is 2. The van der Waals surface area contributed by atoms with Gasteiger partial charge in [0.2, 0.25) is 11.8 Å². The van der Waals surface area contributed by atoms with Crippen LogP contribution in [-0.4, -0.2) is 18.4 Å². The van der Waals surface area contributed by atoms with E-state index in [9.17, 15) is 9.59 Å². The minimum atomic E-state index is -0.229. The Labute approximate surface area is 144 Å². The SMILES string of the molecule is CC(=O)N(CC(=O)Nc1cc(C)cc(C)c1)c1ccc(Br)cc1. The van der Waals surface area contributed by atoms with Crippen molar-refractivity contribution in [3.8, 4) is 0 Å². The van der Waals surface area contributed by atoms with Crippen molar-refractivity contribution in [1.82, 2.24) is 0 Å². The molecule has 0 aliphatic rings. The molecule has 2 aromatic carbocycles. The van der Waals surface area contributed by atoms with Crippen LogP contribution >= 0.6 is 15.9 Å². The number of carbonyl (C=O) groups excluding carboxylic acids is 2. The highest BCUT2D eigenvalue weighted by Gasteiger charge is 2.16. The predicted molar refractivity (Wildman–Crippen MR) is 96.7 cm³/mol. The van der Waals surface area contributed by atoms with Crippen molar-refractivity contribution in [2.24, 2.45) is 0 Å². The number of hydrogen-bond donors (Lipinski definition) is 1. The molecule has 0 aromatic heterocycles. The molecule has 0 radical (unpaired) electrons. The van der Waals surface area contributed by atoms with Gasteiger partial charge >= 0.3 is 0 Å². The van der Waals surface area contributed by atoms with Gasteiger partial charge in [0, 0.05) is 22.8 Å². The lowest BCUT2D eigenvalue weighted by Gasteiger charge is -2.21. The maximum atomic E-state index is 12.3. The molecule has 0 spiro atoms. The minimum absolute atomic E-state index is 0.0239. The zero-order valence-corrected chi connectivity index (χ0v) is 15.0. The monoisotopic (exact) mass is 374 g/mol. The Morgan fingerprint density at radius 3 is 2.13 bits per heavy atom. The molecule has 0 aliphatic heterocycles. The van der Waals surface area contributed by atoms with Crippen LogP contribution in [0.15, 0.2) is 46.9 Å². The van der Waals surface area contributed by atoms with Gasteiger partial charge in [0.25, 0.3) is 0 Å². The van der Waals surface area contributed by atoms with Gasteiger partial charge in [-0.15, -0.1) is 0 Å². The normalized spacial score (nSPS) is 10.3. The van der Waals surface area contributed by atoms with Gasteiger partial charge in [-0.1, -0.05) is 22.0 Å². The average molecular weight is 375 g/mol. The van der Waals surface area contributed by atoms with E-state index < -0.39 is 0 Å². The van der Waals surface area contributed by atoms with Crippen LogP contribution in [0.4, 0.5) is 11.4 Å². The van der Waals surface area contributed by atoms with E-state index >= 15 is 0 Å². The highest BCUT2D eigenvalue weighted by Crippen LogP contribution is 2.19. The summed E-state index contributed by atoms with van der Waals surface area (Å²) in [6.45, 7) is 5.38. The minimum Gasteiger partial charge on any atom is -0.325 e. The fourth-order valence-corrected chi connectivity index (χ4v) is 2.66. The van der Waals surface area contributed by atoms with Gasteiger partial charge in [0.1, 0.15) is 6.54 Å². The third kappa shape index (κ3) is 4.93. The van der Waals surface area contributed by atoms with Gasteiger partial charge in [-0.25, -0.2) is 0 Å². The molecule has 2 aromatic rings. The second-order valence-corrected chi connectivity index (χ2v) is 6.42. The van der Waals surface area contributed by atoms with Crippen LogP contribution in [0.5, 0.6) is 0 Å². The predicted octanol–water partition coefficient (Wildman–Crippen LogP) is 4.06. The third-order valence-corrected chi connectivity index (χ3v) is 3.85. The molecule has 23 heavy (non-hydrogen) atoms. The molecule has 0 saturated heterocycles. The lowest BCUT2D eigenvalue weighted by atomic mass is 10.1. The number of nitrogens with zero attached hydrogens (tertiary/aromatic N) is 1. The molecule has 0 saturated carbocycles. The van der Waals surface area contributed by atoms with Crippen molar-refractivity contribution in [3.05, 3.63) is 58.1 Å². The van der Waals surface area contributed by atoms with Gasteiger partial charge in [0.15, 0.2) is 0 Å². The van der Waals surface area contributed by atoms with Gasteiger partial charge in [-0.3, -0.25) is 9.59 Å². The number of hydrogen-bond acceptors (Lipinski definition) is 2. The van der Waals surface area contributed by atoms with E-state index in [0.717, 1.165) is 21.3 Å². The molecule has 0 atom stereocenters. The summed E-state index contributed by atoms with van der Waals surface area (Å²) in [6.07, 6.45) is 0. The Bertz CT molecular complexity index is 706. The van der Waals surface area contributed by atoms with E-state index in [2.05, 4.69) is 21.2 Å². The highest BCUT2D eigenvalue weighted by molar-refractivity contribution is 9.10. The lowest BCUT2D eigenvalue weighted by molar-refractivity contribution is -0.120. The third-order valence-electron chi connectivity index (χ3n) is 3.33. The number of carbonyl (C=O) groups is 2. The van der Waals surface area contributed by atoms with E-state index in [1.807, 2.05) is 44.2 Å². The summed E-state index contributed by atoms with van der Waals surface area (Å²) in [5.74, 6) is -0.406. The fourth-order valence-electron chi connectivity index (χ4n) is 2.40. The molecular weight excluding hydrogens is 356 g/mol. The number of benzene rings is 2.